The topological polar surface area (TPSA) is 75.6 Å². The van der Waals surface area contributed by atoms with Gasteiger partial charge in [0.15, 0.2) is 0 Å². The Balaban J connectivity index is 2.64. The summed E-state index contributed by atoms with van der Waals surface area (Å²) in [5.41, 5.74) is 0.822. The summed E-state index contributed by atoms with van der Waals surface area (Å²) in [4.78, 5) is 22.7. The van der Waals surface area contributed by atoms with Crippen LogP contribution in [0.3, 0.4) is 0 Å². The van der Waals surface area contributed by atoms with Gasteiger partial charge in [0, 0.05) is 11.1 Å². The third-order valence-electron chi connectivity index (χ3n) is 2.25. The summed E-state index contributed by atoms with van der Waals surface area (Å²) < 4.78 is 4.68. The van der Waals surface area contributed by atoms with E-state index in [4.69, 9.17) is 0 Å². The average Bonchev–Trinajstić information content (AvgIpc) is 2.30. The van der Waals surface area contributed by atoms with Crippen LogP contribution in [0.5, 0.6) is 5.75 Å². The van der Waals surface area contributed by atoms with E-state index < -0.39 is 11.9 Å². The highest BCUT2D eigenvalue weighted by molar-refractivity contribution is 5.97. The minimum atomic E-state index is -0.487. The molecule has 0 atom stereocenters. The second kappa shape index (κ2) is 5.89. The number of benzene rings is 1. The summed E-state index contributed by atoms with van der Waals surface area (Å²) in [5.74, 6) is -0.848. The highest BCUT2D eigenvalue weighted by Gasteiger charge is 2.12. The van der Waals surface area contributed by atoms with E-state index in [-0.39, 0.29) is 18.9 Å². The van der Waals surface area contributed by atoms with Gasteiger partial charge in [-0.2, -0.15) is 0 Å². The number of phenols is 1. The van der Waals surface area contributed by atoms with E-state index in [0.717, 1.165) is 0 Å². The molecule has 0 spiro atoms. The number of aromatic hydroxyl groups is 1. The molecule has 0 aliphatic rings. The number of nitrogens with one attached hydrogen (secondary N) is 1. The molecule has 2 N–H and O–H groups in total. The summed E-state index contributed by atoms with van der Waals surface area (Å²) in [6.45, 7) is 3.43. The molecule has 0 radical (unpaired) electrons. The van der Waals surface area contributed by atoms with E-state index in [1.165, 1.54) is 6.07 Å². The Morgan fingerprint density at radius 1 is 1.41 bits per heavy atom. The van der Waals surface area contributed by atoms with Gasteiger partial charge in [0.25, 0.3) is 5.91 Å². The molecule has 1 aromatic rings. The van der Waals surface area contributed by atoms with Gasteiger partial charge in [0.05, 0.1) is 6.61 Å². The fourth-order valence-corrected chi connectivity index (χ4v) is 1.33. The van der Waals surface area contributed by atoms with Gasteiger partial charge in [-0.25, -0.2) is 0 Å². The third kappa shape index (κ3) is 3.48. The maximum absolute atomic E-state index is 11.7. The third-order valence-corrected chi connectivity index (χ3v) is 2.25. The first-order valence-electron chi connectivity index (χ1n) is 5.28. The molecule has 0 aliphatic heterocycles. The summed E-state index contributed by atoms with van der Waals surface area (Å²) in [6.07, 6.45) is 0. The molecule has 1 aromatic carbocycles. The van der Waals surface area contributed by atoms with Crippen molar-refractivity contribution < 1.29 is 19.4 Å². The highest BCUT2D eigenvalue weighted by Crippen LogP contribution is 2.19. The number of hydrogen-bond donors (Lipinski definition) is 2. The first-order valence-corrected chi connectivity index (χ1v) is 5.28. The minimum absolute atomic E-state index is 0.0498. The first kappa shape index (κ1) is 13.0. The van der Waals surface area contributed by atoms with Crippen LogP contribution in [0.25, 0.3) is 0 Å². The highest BCUT2D eigenvalue weighted by atomic mass is 16.5. The second-order valence-electron chi connectivity index (χ2n) is 3.44. The van der Waals surface area contributed by atoms with E-state index >= 15 is 0 Å². The zero-order chi connectivity index (χ0) is 12.8. The molecular weight excluding hydrogens is 222 g/mol. The molecule has 0 saturated heterocycles. The van der Waals surface area contributed by atoms with E-state index in [0.29, 0.717) is 11.1 Å². The Labute approximate surface area is 99.4 Å². The number of hydrogen-bond acceptors (Lipinski definition) is 4. The van der Waals surface area contributed by atoms with Crippen LogP contribution in [0.1, 0.15) is 22.8 Å². The fourth-order valence-electron chi connectivity index (χ4n) is 1.33. The van der Waals surface area contributed by atoms with Crippen LogP contribution in [-0.2, 0) is 9.53 Å². The molecule has 0 fully saturated rings. The van der Waals surface area contributed by atoms with Crippen molar-refractivity contribution in [3.63, 3.8) is 0 Å². The second-order valence-corrected chi connectivity index (χ2v) is 3.44. The van der Waals surface area contributed by atoms with Gasteiger partial charge in [-0.1, -0.05) is 6.07 Å². The van der Waals surface area contributed by atoms with Crippen molar-refractivity contribution >= 4 is 11.9 Å². The Kier molecular flexibility index (Phi) is 4.51. The predicted octanol–water partition coefficient (Wildman–Crippen LogP) is 0.994. The number of phenolic OH excluding ortho intramolecular Hbond substituents is 1. The van der Waals surface area contributed by atoms with Crippen molar-refractivity contribution in [2.75, 3.05) is 13.2 Å². The van der Waals surface area contributed by atoms with Gasteiger partial charge in [-0.05, 0) is 26.0 Å². The number of carbonyl (C=O) groups is 2. The van der Waals surface area contributed by atoms with Gasteiger partial charge in [-0.3, -0.25) is 9.59 Å². The number of esters is 1. The summed E-state index contributed by atoms with van der Waals surface area (Å²) in [7, 11) is 0. The molecule has 0 heterocycles. The Morgan fingerprint density at radius 2 is 2.12 bits per heavy atom. The molecule has 0 unspecified atom stereocenters. The lowest BCUT2D eigenvalue weighted by molar-refractivity contribution is -0.141. The summed E-state index contributed by atoms with van der Waals surface area (Å²) >= 11 is 0. The molecule has 0 bridgehead atoms. The van der Waals surface area contributed by atoms with Crippen molar-refractivity contribution in [3.05, 3.63) is 29.3 Å². The largest absolute Gasteiger partial charge is 0.508 e. The smallest absolute Gasteiger partial charge is 0.325 e. The van der Waals surface area contributed by atoms with Crippen LogP contribution in [0, 0.1) is 6.92 Å². The van der Waals surface area contributed by atoms with Gasteiger partial charge >= 0.3 is 5.97 Å². The SMILES string of the molecule is CCOC(=O)CNC(=O)c1cccc(O)c1C. The number of carbonyl (C=O) groups excluding carboxylic acids is 2. The molecule has 0 aliphatic carbocycles. The monoisotopic (exact) mass is 237 g/mol. The Morgan fingerprint density at radius 3 is 2.76 bits per heavy atom. The van der Waals surface area contributed by atoms with E-state index in [1.807, 2.05) is 0 Å². The molecule has 17 heavy (non-hydrogen) atoms. The Bertz CT molecular complexity index is 429. The van der Waals surface area contributed by atoms with Crippen molar-refractivity contribution in [2.45, 2.75) is 13.8 Å². The lowest BCUT2D eigenvalue weighted by atomic mass is 10.1. The van der Waals surface area contributed by atoms with E-state index in [2.05, 4.69) is 10.1 Å². The maximum Gasteiger partial charge on any atom is 0.325 e. The zero-order valence-electron chi connectivity index (χ0n) is 9.82. The molecule has 1 rings (SSSR count). The van der Waals surface area contributed by atoms with Crippen molar-refractivity contribution in [1.82, 2.24) is 5.32 Å². The van der Waals surface area contributed by atoms with Gasteiger partial charge in [-0.15, -0.1) is 0 Å². The van der Waals surface area contributed by atoms with Gasteiger partial charge < -0.3 is 15.2 Å². The van der Waals surface area contributed by atoms with Gasteiger partial charge in [0.1, 0.15) is 12.3 Å². The lowest BCUT2D eigenvalue weighted by Crippen LogP contribution is -2.31. The van der Waals surface area contributed by atoms with Crippen molar-refractivity contribution in [1.29, 1.82) is 0 Å². The zero-order valence-corrected chi connectivity index (χ0v) is 9.82. The van der Waals surface area contributed by atoms with Crippen LogP contribution in [0.15, 0.2) is 18.2 Å². The number of ether oxygens (including phenoxy) is 1. The van der Waals surface area contributed by atoms with Crippen molar-refractivity contribution in [2.24, 2.45) is 0 Å². The maximum atomic E-state index is 11.7. The normalized spacial score (nSPS) is 9.76. The Hall–Kier alpha value is -2.04. The molecule has 0 aromatic heterocycles. The molecule has 1 amide bonds. The molecule has 92 valence electrons. The van der Waals surface area contributed by atoms with Crippen LogP contribution >= 0.6 is 0 Å². The van der Waals surface area contributed by atoms with Crippen LogP contribution in [0.2, 0.25) is 0 Å². The summed E-state index contributed by atoms with van der Waals surface area (Å²) in [5, 5.41) is 11.9. The fraction of sp³-hybridized carbons (Fsp3) is 0.333. The van der Waals surface area contributed by atoms with Gasteiger partial charge in [0.2, 0.25) is 0 Å². The molecule has 0 saturated carbocycles. The standard InChI is InChI=1S/C12H15NO4/c1-3-17-11(15)7-13-12(16)9-5-4-6-10(14)8(9)2/h4-6,14H,3,7H2,1-2H3,(H,13,16). The minimum Gasteiger partial charge on any atom is -0.508 e. The van der Waals surface area contributed by atoms with Crippen LogP contribution in [-0.4, -0.2) is 30.1 Å². The van der Waals surface area contributed by atoms with E-state index in [9.17, 15) is 14.7 Å². The van der Waals surface area contributed by atoms with Crippen LogP contribution in [0.4, 0.5) is 0 Å². The predicted molar refractivity (Wildman–Crippen MR) is 61.8 cm³/mol. The van der Waals surface area contributed by atoms with Crippen molar-refractivity contribution in [3.8, 4) is 5.75 Å². The van der Waals surface area contributed by atoms with E-state index in [1.54, 1.807) is 26.0 Å². The first-order chi connectivity index (χ1) is 8.06. The summed E-state index contributed by atoms with van der Waals surface area (Å²) in [6, 6.07) is 4.65. The molecule has 5 heteroatoms. The van der Waals surface area contributed by atoms with Crippen LogP contribution < -0.4 is 5.32 Å². The average molecular weight is 237 g/mol. The molecular formula is C12H15NO4. The quantitative estimate of drug-likeness (QED) is 0.766. The number of amides is 1. The molecule has 5 nitrogen and oxygen atoms in total. The lowest BCUT2D eigenvalue weighted by Gasteiger charge is -2.08. The number of rotatable bonds is 4.